The van der Waals surface area contributed by atoms with Crippen molar-refractivity contribution in [1.29, 1.82) is 0 Å². The molecule has 2 aromatic heterocycles. The summed E-state index contributed by atoms with van der Waals surface area (Å²) in [5, 5.41) is 0. The Bertz CT molecular complexity index is 1870. The van der Waals surface area contributed by atoms with Crippen LogP contribution in [0.5, 0.6) is 0 Å². The predicted molar refractivity (Wildman–Crippen MR) is 179 cm³/mol. The molecular formula is C40H35IrN4-. The Kier molecular flexibility index (Phi) is 9.39. The van der Waals surface area contributed by atoms with Gasteiger partial charge in [0.05, 0.1) is 0 Å². The normalized spacial score (nSPS) is 13.3. The molecule has 0 N–H and O–H groups in total. The largest absolute Gasteiger partial charge is 0.304 e. The first kappa shape index (κ1) is 30.7. The molecule has 45 heavy (non-hydrogen) atoms. The topological polar surface area (TPSA) is 51.6 Å². The molecule has 1 aliphatic carbocycles. The average molecular weight is 764 g/mol. The Morgan fingerprint density at radius 3 is 1.89 bits per heavy atom. The standard InChI is InChI=1S/C40H35N4.Ir/c1-27-23-28(2)25-34(24-27)36-16-10-9-15-35(36)29-17-19-30(20-18-29)37-22-21-33(26-41-37)40-43-38(31-11-5-3-6-12-31)42-39(44-40)32-13-7-4-8-14-32;/h3,5-6,9-12,15-19,21-26,32H,4,7-8,13-14H2,1-2H3;/q-1;. The van der Waals surface area contributed by atoms with Crippen molar-refractivity contribution in [3.05, 3.63) is 132 Å². The maximum absolute atomic E-state index is 4.97. The average Bonchev–Trinajstić information content (AvgIpc) is 3.08. The first-order valence-corrected chi connectivity index (χ1v) is 15.6. The van der Waals surface area contributed by atoms with Gasteiger partial charge in [0.1, 0.15) is 5.82 Å². The summed E-state index contributed by atoms with van der Waals surface area (Å²) >= 11 is 0. The number of pyridine rings is 1. The van der Waals surface area contributed by atoms with Crippen LogP contribution in [0, 0.1) is 19.9 Å². The van der Waals surface area contributed by atoms with Crippen LogP contribution < -0.4 is 0 Å². The van der Waals surface area contributed by atoms with Gasteiger partial charge in [0, 0.05) is 43.3 Å². The van der Waals surface area contributed by atoms with E-state index in [2.05, 4.69) is 98.8 Å². The summed E-state index contributed by atoms with van der Waals surface area (Å²) in [5.41, 5.74) is 11.0. The van der Waals surface area contributed by atoms with Gasteiger partial charge in [-0.25, -0.2) is 15.0 Å². The van der Waals surface area contributed by atoms with Gasteiger partial charge >= 0.3 is 0 Å². The van der Waals surface area contributed by atoms with E-state index in [1.54, 1.807) is 0 Å². The van der Waals surface area contributed by atoms with Crippen molar-refractivity contribution in [3.63, 3.8) is 0 Å². The van der Waals surface area contributed by atoms with Crippen LogP contribution in [-0.4, -0.2) is 19.9 Å². The van der Waals surface area contributed by atoms with Gasteiger partial charge in [0.15, 0.2) is 11.6 Å². The van der Waals surface area contributed by atoms with E-state index < -0.39 is 0 Å². The van der Waals surface area contributed by atoms with Crippen molar-refractivity contribution in [2.24, 2.45) is 0 Å². The zero-order chi connectivity index (χ0) is 29.9. The van der Waals surface area contributed by atoms with Crippen molar-refractivity contribution < 1.29 is 20.1 Å². The molecule has 6 aromatic rings. The van der Waals surface area contributed by atoms with Crippen molar-refractivity contribution in [2.45, 2.75) is 51.9 Å². The van der Waals surface area contributed by atoms with E-state index >= 15 is 0 Å². The summed E-state index contributed by atoms with van der Waals surface area (Å²) < 4.78 is 0. The maximum Gasteiger partial charge on any atom is 0.165 e. The first-order valence-electron chi connectivity index (χ1n) is 15.6. The van der Waals surface area contributed by atoms with Crippen molar-refractivity contribution in [2.75, 3.05) is 0 Å². The van der Waals surface area contributed by atoms with E-state index in [9.17, 15) is 0 Å². The van der Waals surface area contributed by atoms with Crippen LogP contribution in [0.3, 0.4) is 0 Å². The van der Waals surface area contributed by atoms with Crippen LogP contribution in [0.1, 0.15) is 55.0 Å². The van der Waals surface area contributed by atoms with Crippen molar-refractivity contribution >= 4 is 0 Å². The quantitative estimate of drug-likeness (QED) is 0.159. The summed E-state index contributed by atoms with van der Waals surface area (Å²) in [5.74, 6) is 2.70. The SMILES string of the molecule is Cc1cc(C)cc(-c2ccccc2-c2c[c-]c(-c3ccc(-c4nc(-c5ccccc5)nc(C5CCCCC5)n4)cn3)cc2)c1.[Ir]. The second-order valence-electron chi connectivity index (χ2n) is 11.9. The molecule has 2 heterocycles. The summed E-state index contributed by atoms with van der Waals surface area (Å²) in [7, 11) is 0. The molecule has 0 amide bonds. The van der Waals surface area contributed by atoms with Crippen LogP contribution in [0.2, 0.25) is 0 Å². The van der Waals surface area contributed by atoms with Gasteiger partial charge in [-0.3, -0.25) is 0 Å². The molecule has 0 aliphatic heterocycles. The summed E-state index contributed by atoms with van der Waals surface area (Å²) in [4.78, 5) is 19.6. The molecular weight excluding hydrogens is 729 g/mol. The fourth-order valence-electron chi connectivity index (χ4n) is 6.34. The maximum atomic E-state index is 4.97. The number of aryl methyl sites for hydroxylation is 2. The predicted octanol–water partition coefficient (Wildman–Crippen LogP) is 10.1. The number of rotatable bonds is 6. The Labute approximate surface area is 279 Å². The molecule has 225 valence electrons. The number of nitrogens with zero attached hydrogens (tertiary/aromatic N) is 4. The fourth-order valence-corrected chi connectivity index (χ4v) is 6.34. The molecule has 4 nitrogen and oxygen atoms in total. The van der Waals surface area contributed by atoms with E-state index in [4.69, 9.17) is 19.9 Å². The monoisotopic (exact) mass is 764 g/mol. The van der Waals surface area contributed by atoms with Crippen molar-refractivity contribution in [3.8, 4) is 56.3 Å². The zero-order valence-electron chi connectivity index (χ0n) is 25.6. The molecule has 0 atom stereocenters. The Hall–Kier alpha value is -4.31. The smallest absolute Gasteiger partial charge is 0.165 e. The third-order valence-corrected chi connectivity index (χ3v) is 8.54. The zero-order valence-corrected chi connectivity index (χ0v) is 28.0. The number of hydrogen-bond acceptors (Lipinski definition) is 4. The number of aromatic nitrogens is 4. The van der Waals surface area contributed by atoms with Gasteiger partial charge in [-0.1, -0.05) is 126 Å². The molecule has 1 saturated carbocycles. The minimum Gasteiger partial charge on any atom is -0.304 e. The molecule has 5 heteroatoms. The Balaban J connectivity index is 0.00000357. The summed E-state index contributed by atoms with van der Waals surface area (Å²) in [6, 6.07) is 39.4. The second kappa shape index (κ2) is 13.8. The first-order chi connectivity index (χ1) is 21.6. The number of benzene rings is 4. The van der Waals surface area contributed by atoms with Crippen LogP contribution in [0.4, 0.5) is 0 Å². The molecule has 0 spiro atoms. The third kappa shape index (κ3) is 6.85. The van der Waals surface area contributed by atoms with Crippen LogP contribution in [-0.2, 0) is 20.1 Å². The molecule has 4 aromatic carbocycles. The van der Waals surface area contributed by atoms with E-state index in [-0.39, 0.29) is 20.1 Å². The second-order valence-corrected chi connectivity index (χ2v) is 11.9. The minimum absolute atomic E-state index is 0. The molecule has 1 fully saturated rings. The molecule has 1 aliphatic rings. The minimum atomic E-state index is 0. The van der Waals surface area contributed by atoms with E-state index in [1.807, 2.05) is 30.5 Å². The van der Waals surface area contributed by atoms with Crippen molar-refractivity contribution in [1.82, 2.24) is 19.9 Å². The molecule has 0 unspecified atom stereocenters. The van der Waals surface area contributed by atoms with Crippen LogP contribution >= 0.6 is 0 Å². The Morgan fingerprint density at radius 1 is 0.600 bits per heavy atom. The summed E-state index contributed by atoms with van der Waals surface area (Å²) in [6.45, 7) is 4.30. The van der Waals surface area contributed by atoms with E-state index in [1.165, 1.54) is 47.1 Å². The molecule has 0 bridgehead atoms. The third-order valence-electron chi connectivity index (χ3n) is 8.54. The van der Waals surface area contributed by atoms with Gasteiger partial charge in [-0.15, -0.1) is 29.8 Å². The van der Waals surface area contributed by atoms with E-state index in [0.29, 0.717) is 11.7 Å². The molecule has 0 saturated heterocycles. The molecule has 1 radical (unpaired) electrons. The van der Waals surface area contributed by atoms with Gasteiger partial charge in [-0.2, -0.15) is 0 Å². The number of hydrogen-bond donors (Lipinski definition) is 0. The van der Waals surface area contributed by atoms with Gasteiger partial charge < -0.3 is 4.98 Å². The Morgan fingerprint density at radius 2 is 1.24 bits per heavy atom. The van der Waals surface area contributed by atoms with Crippen LogP contribution in [0.25, 0.3) is 56.3 Å². The summed E-state index contributed by atoms with van der Waals surface area (Å²) in [6.07, 6.45) is 7.90. The van der Waals surface area contributed by atoms with E-state index in [0.717, 1.165) is 52.4 Å². The molecule has 7 rings (SSSR count). The van der Waals surface area contributed by atoms with Gasteiger partial charge in [0.25, 0.3) is 0 Å². The van der Waals surface area contributed by atoms with Crippen LogP contribution in [0.15, 0.2) is 109 Å². The fraction of sp³-hybridized carbons (Fsp3) is 0.200. The van der Waals surface area contributed by atoms with Gasteiger partial charge in [0.2, 0.25) is 0 Å². The van der Waals surface area contributed by atoms with Gasteiger partial charge in [-0.05, 0) is 43.5 Å².